The summed E-state index contributed by atoms with van der Waals surface area (Å²) in [5.74, 6) is -0.867. The van der Waals surface area contributed by atoms with Gasteiger partial charge in [-0.25, -0.2) is 4.84 Å². The summed E-state index contributed by atoms with van der Waals surface area (Å²) < 4.78 is 0. The zero-order valence-corrected chi connectivity index (χ0v) is 25.7. The van der Waals surface area contributed by atoms with E-state index in [4.69, 9.17) is 11.8 Å². The molecule has 1 saturated heterocycles. The molecule has 2 aromatic carbocycles. The molecule has 228 valence electrons. The number of nitrogens with zero attached hydrogens (tertiary/aromatic N) is 1. The quantitative estimate of drug-likeness (QED) is 0.268. The van der Waals surface area contributed by atoms with Gasteiger partial charge in [0, 0.05) is 19.1 Å². The van der Waals surface area contributed by atoms with Gasteiger partial charge in [-0.2, -0.15) is 0 Å². The van der Waals surface area contributed by atoms with Crippen LogP contribution in [0.4, 0.5) is 0 Å². The van der Waals surface area contributed by atoms with Crippen LogP contribution in [0.15, 0.2) is 48.5 Å². The number of likely N-dealkylation sites (tertiary alicyclic amines) is 1. The molecule has 0 unspecified atom stereocenters. The maximum Gasteiger partial charge on any atom is 0.246 e. The van der Waals surface area contributed by atoms with Gasteiger partial charge in [0.05, 0.1) is 18.7 Å². The van der Waals surface area contributed by atoms with Gasteiger partial charge < -0.3 is 26.0 Å². The lowest BCUT2D eigenvalue weighted by atomic mass is 9.85. The number of halogens is 1. The third-order valence-corrected chi connectivity index (χ3v) is 8.66. The molecule has 0 spiro atoms. The Hall–Kier alpha value is -2.98. The van der Waals surface area contributed by atoms with Crippen LogP contribution in [-0.2, 0) is 34.0 Å². The molecule has 1 aliphatic heterocycles. The second-order valence-corrected chi connectivity index (χ2v) is 12.8. The molecular weight excluding hydrogens is 554 g/mol. The summed E-state index contributed by atoms with van der Waals surface area (Å²) in [7, 11) is 0. The van der Waals surface area contributed by atoms with Crippen molar-refractivity contribution in [3.8, 4) is 0 Å². The molecule has 1 fully saturated rings. The minimum absolute atomic E-state index is 0.0130. The molecule has 0 aromatic heterocycles. The Balaban J connectivity index is 1.55. The molecule has 3 amide bonds. The van der Waals surface area contributed by atoms with Crippen LogP contribution in [0.25, 0.3) is 0 Å². The Morgan fingerprint density at radius 1 is 1.07 bits per heavy atom. The van der Waals surface area contributed by atoms with Crippen LogP contribution in [-0.4, -0.2) is 58.4 Å². The van der Waals surface area contributed by atoms with Gasteiger partial charge in [-0.15, -0.1) is 0 Å². The third-order valence-electron chi connectivity index (χ3n) is 8.33. The highest BCUT2D eigenvalue weighted by Crippen LogP contribution is 2.31. The van der Waals surface area contributed by atoms with Gasteiger partial charge in [-0.1, -0.05) is 69.3 Å². The fourth-order valence-electron chi connectivity index (χ4n) is 5.80. The molecule has 2 aliphatic rings. The van der Waals surface area contributed by atoms with Crippen molar-refractivity contribution in [1.82, 2.24) is 25.7 Å². The van der Waals surface area contributed by atoms with Crippen LogP contribution in [0.3, 0.4) is 0 Å². The lowest BCUT2D eigenvalue weighted by Crippen LogP contribution is -2.59. The summed E-state index contributed by atoms with van der Waals surface area (Å²) >= 11 is 5.69. The Morgan fingerprint density at radius 3 is 2.43 bits per heavy atom. The number of rotatable bonds is 10. The lowest BCUT2D eigenvalue weighted by Gasteiger charge is -2.36. The Morgan fingerprint density at radius 2 is 1.76 bits per heavy atom. The number of aliphatic hydroxyl groups excluding tert-OH is 1. The van der Waals surface area contributed by atoms with Crippen molar-refractivity contribution in [3.05, 3.63) is 70.8 Å². The Bertz CT molecular complexity index is 1250. The van der Waals surface area contributed by atoms with Gasteiger partial charge in [-0.3, -0.25) is 14.4 Å². The largest absolute Gasteiger partial charge is 0.392 e. The highest BCUT2D eigenvalue weighted by Gasteiger charge is 2.45. The monoisotopic (exact) mass is 597 g/mol. The molecular formula is C32H44ClN5O4. The molecule has 2 aromatic rings. The molecule has 42 heavy (non-hydrogen) atoms. The predicted octanol–water partition coefficient (Wildman–Crippen LogP) is 3.09. The van der Waals surface area contributed by atoms with Crippen molar-refractivity contribution < 1.29 is 19.5 Å². The van der Waals surface area contributed by atoms with Crippen molar-refractivity contribution in [2.24, 2.45) is 5.41 Å². The van der Waals surface area contributed by atoms with E-state index in [9.17, 15) is 19.5 Å². The van der Waals surface area contributed by atoms with Crippen molar-refractivity contribution in [1.29, 1.82) is 0 Å². The minimum Gasteiger partial charge on any atom is -0.392 e. The van der Waals surface area contributed by atoms with Crippen LogP contribution in [0.2, 0.25) is 0 Å². The number of fused-ring (bicyclic) bond motifs is 1. The zero-order chi connectivity index (χ0) is 30.4. The smallest absolute Gasteiger partial charge is 0.246 e. The van der Waals surface area contributed by atoms with Crippen molar-refractivity contribution in [2.75, 3.05) is 6.54 Å². The summed E-state index contributed by atoms with van der Waals surface area (Å²) in [6, 6.07) is 13.4. The third kappa shape index (κ3) is 7.69. The fourth-order valence-corrected chi connectivity index (χ4v) is 5.90. The van der Waals surface area contributed by atoms with E-state index < -0.39 is 29.4 Å². The summed E-state index contributed by atoms with van der Waals surface area (Å²) in [6.07, 6.45) is 3.27. The number of aryl methyl sites for hydroxylation is 1. The number of amides is 3. The first-order chi connectivity index (χ1) is 20.0. The molecule has 10 heteroatoms. The second-order valence-electron chi connectivity index (χ2n) is 12.6. The Labute approximate surface area is 253 Å². The minimum atomic E-state index is -0.854. The number of carbonyl (C=O) groups is 3. The fraction of sp³-hybridized carbons (Fsp3) is 0.531. The highest BCUT2D eigenvalue weighted by molar-refractivity contribution is 6.15. The molecule has 5 N–H and O–H groups in total. The van der Waals surface area contributed by atoms with E-state index in [1.807, 2.05) is 57.2 Å². The SMILES string of the molecule is C[C@H](NCl)C(=O)N[C@H](C(=O)N1C[C@@H](NCc2ccc(CO)cc2)C[C@H]1C(=O)N[C@@H]1CCCc2ccccc21)C(C)(C)C. The first-order valence-electron chi connectivity index (χ1n) is 14.8. The number of carbonyl (C=O) groups excluding carboxylic acids is 3. The van der Waals surface area contributed by atoms with Crippen LogP contribution in [0.1, 0.15) is 75.3 Å². The van der Waals surface area contributed by atoms with Gasteiger partial charge in [0.15, 0.2) is 0 Å². The molecule has 5 atom stereocenters. The van der Waals surface area contributed by atoms with E-state index in [-0.39, 0.29) is 30.5 Å². The van der Waals surface area contributed by atoms with Gasteiger partial charge in [0.2, 0.25) is 17.7 Å². The lowest BCUT2D eigenvalue weighted by molar-refractivity contribution is -0.144. The van der Waals surface area contributed by atoms with Gasteiger partial charge >= 0.3 is 0 Å². The van der Waals surface area contributed by atoms with Crippen LogP contribution in [0.5, 0.6) is 0 Å². The molecule has 4 rings (SSSR count). The molecule has 9 nitrogen and oxygen atoms in total. The molecule has 1 heterocycles. The van der Waals surface area contributed by atoms with Crippen molar-refractivity contribution >= 4 is 29.5 Å². The molecule has 0 radical (unpaired) electrons. The first kappa shape index (κ1) is 31.9. The van der Waals surface area contributed by atoms with E-state index in [2.05, 4.69) is 32.9 Å². The van der Waals surface area contributed by atoms with E-state index in [0.29, 0.717) is 19.5 Å². The average molecular weight is 598 g/mol. The molecule has 0 bridgehead atoms. The van der Waals surface area contributed by atoms with E-state index in [1.54, 1.807) is 11.8 Å². The zero-order valence-electron chi connectivity index (χ0n) is 25.0. The maximum atomic E-state index is 14.2. The van der Waals surface area contributed by atoms with E-state index in [1.165, 1.54) is 5.56 Å². The van der Waals surface area contributed by atoms with Crippen LogP contribution in [0, 0.1) is 5.41 Å². The standard InChI is InChI=1S/C32H44ClN5O4/c1-20(37-33)29(40)36-28(32(2,3)4)31(42)38-18-24(34-17-21-12-14-22(19-39)15-13-21)16-27(38)30(41)35-26-11-7-9-23-8-5-6-10-25(23)26/h5-6,8,10,12-15,20,24,26-28,34,37,39H,7,9,11,16-19H2,1-4H3,(H,35,41)(H,36,40)/t20-,24-,26+,27-,28+/m0/s1. The molecule has 1 aliphatic carbocycles. The van der Waals surface area contributed by atoms with E-state index in [0.717, 1.165) is 36.0 Å². The summed E-state index contributed by atoms with van der Waals surface area (Å²) in [4.78, 5) is 44.9. The summed E-state index contributed by atoms with van der Waals surface area (Å²) in [5, 5.41) is 19.0. The van der Waals surface area contributed by atoms with Gasteiger partial charge in [0.25, 0.3) is 0 Å². The normalized spacial score (nSPS) is 21.8. The predicted molar refractivity (Wildman–Crippen MR) is 163 cm³/mol. The number of aliphatic hydroxyl groups is 1. The number of benzene rings is 2. The summed E-state index contributed by atoms with van der Waals surface area (Å²) in [5.41, 5.74) is 3.65. The van der Waals surface area contributed by atoms with Gasteiger partial charge in [0.1, 0.15) is 12.1 Å². The van der Waals surface area contributed by atoms with Crippen LogP contribution < -0.4 is 20.8 Å². The number of nitrogens with one attached hydrogen (secondary N) is 4. The Kier molecular flexibility index (Phi) is 10.6. The maximum absolute atomic E-state index is 14.2. The topological polar surface area (TPSA) is 123 Å². The van der Waals surface area contributed by atoms with Gasteiger partial charge in [-0.05, 0) is 72.1 Å². The second kappa shape index (κ2) is 14.0. The van der Waals surface area contributed by atoms with E-state index >= 15 is 0 Å². The average Bonchev–Trinajstić information content (AvgIpc) is 3.42. The van der Waals surface area contributed by atoms with Crippen LogP contribution >= 0.6 is 11.8 Å². The first-order valence-corrected chi connectivity index (χ1v) is 15.2. The van der Waals surface area contributed by atoms with Crippen molar-refractivity contribution in [3.63, 3.8) is 0 Å². The number of hydrogen-bond donors (Lipinski definition) is 5. The highest BCUT2D eigenvalue weighted by atomic mass is 35.5. The number of hydrogen-bond acceptors (Lipinski definition) is 6. The molecule has 0 saturated carbocycles. The van der Waals surface area contributed by atoms with Crippen molar-refractivity contribution in [2.45, 2.75) is 96.7 Å². The summed E-state index contributed by atoms with van der Waals surface area (Å²) in [6.45, 7) is 8.17.